The molecule has 0 aliphatic heterocycles. The van der Waals surface area contributed by atoms with E-state index in [1.807, 2.05) is 38.1 Å². The van der Waals surface area contributed by atoms with Crippen molar-refractivity contribution in [1.82, 2.24) is 0 Å². The zero-order valence-electron chi connectivity index (χ0n) is 21.0. The third kappa shape index (κ3) is 9.15. The number of hydrogen-bond donors (Lipinski definition) is 0. The van der Waals surface area contributed by atoms with Crippen LogP contribution < -0.4 is 19.8 Å². The maximum atomic E-state index is 12.8. The highest BCUT2D eigenvalue weighted by Crippen LogP contribution is 2.37. The highest BCUT2D eigenvalue weighted by Gasteiger charge is 2.21. The third-order valence-electron chi connectivity index (χ3n) is 5.35. The minimum Gasteiger partial charge on any atom is -0.490 e. The molecule has 0 radical (unpaired) electrons. The predicted octanol–water partition coefficient (Wildman–Crippen LogP) is 7.83. The van der Waals surface area contributed by atoms with Gasteiger partial charge in [0, 0.05) is 0 Å². The quantitative estimate of drug-likeness (QED) is 0.137. The van der Waals surface area contributed by atoms with Gasteiger partial charge in [-0.1, -0.05) is 77.0 Å². The molecular weight excluding hydrogens is 416 g/mol. The Balaban J connectivity index is 2.07. The Bertz CT molecular complexity index is 897. The SMILES string of the molecule is CCC=CCCOc1c(OC(C)C)c2cccc(OCCCCCCCCCC)c2oc1=O. The van der Waals surface area contributed by atoms with Crippen molar-refractivity contribution in [3.63, 3.8) is 0 Å². The highest BCUT2D eigenvalue weighted by molar-refractivity contribution is 5.89. The molecule has 1 heterocycles. The van der Waals surface area contributed by atoms with Crippen molar-refractivity contribution in [2.75, 3.05) is 13.2 Å². The standard InChI is InChI=1S/C28H42O5/c1-5-7-9-11-12-13-14-16-20-30-24-19-17-18-23-25(24)33-28(29)27(26(23)32-22(3)4)31-21-15-10-8-6-2/h8,10,17-19,22H,5-7,9,11-16,20-21H2,1-4H3. The van der Waals surface area contributed by atoms with Crippen LogP contribution in [0.15, 0.2) is 39.6 Å². The van der Waals surface area contributed by atoms with Crippen molar-refractivity contribution < 1.29 is 18.6 Å². The van der Waals surface area contributed by atoms with E-state index in [-0.39, 0.29) is 11.9 Å². The number of allylic oxidation sites excluding steroid dienone is 1. The lowest BCUT2D eigenvalue weighted by atomic mass is 10.1. The minimum absolute atomic E-state index is 0.112. The van der Waals surface area contributed by atoms with Gasteiger partial charge >= 0.3 is 5.63 Å². The lowest BCUT2D eigenvalue weighted by Crippen LogP contribution is -2.14. The molecule has 33 heavy (non-hydrogen) atoms. The number of fused-ring (bicyclic) bond motifs is 1. The Morgan fingerprint density at radius 1 is 0.879 bits per heavy atom. The monoisotopic (exact) mass is 458 g/mol. The molecule has 184 valence electrons. The Kier molecular flexibility index (Phi) is 12.5. The van der Waals surface area contributed by atoms with Gasteiger partial charge in [0.15, 0.2) is 17.1 Å². The van der Waals surface area contributed by atoms with Crippen LogP contribution in [0.25, 0.3) is 11.0 Å². The summed E-state index contributed by atoms with van der Waals surface area (Å²) in [5.41, 5.74) is -0.128. The van der Waals surface area contributed by atoms with Gasteiger partial charge in [-0.2, -0.15) is 0 Å². The van der Waals surface area contributed by atoms with Crippen LogP contribution in [0.5, 0.6) is 17.2 Å². The van der Waals surface area contributed by atoms with Crippen LogP contribution in [0, 0.1) is 0 Å². The van der Waals surface area contributed by atoms with Crippen LogP contribution in [0.2, 0.25) is 0 Å². The largest absolute Gasteiger partial charge is 0.490 e. The van der Waals surface area contributed by atoms with Gasteiger partial charge in [0.1, 0.15) is 0 Å². The molecule has 0 unspecified atom stereocenters. The fourth-order valence-electron chi connectivity index (χ4n) is 3.68. The van der Waals surface area contributed by atoms with E-state index < -0.39 is 5.63 Å². The second-order valence-corrected chi connectivity index (χ2v) is 8.69. The smallest absolute Gasteiger partial charge is 0.383 e. The number of unbranched alkanes of at least 4 members (excludes halogenated alkanes) is 7. The molecule has 0 spiro atoms. The Labute approximate surface area is 199 Å². The van der Waals surface area contributed by atoms with E-state index in [1.165, 1.54) is 38.5 Å². The van der Waals surface area contributed by atoms with Crippen molar-refractivity contribution in [3.05, 3.63) is 40.8 Å². The van der Waals surface area contributed by atoms with E-state index in [0.717, 1.165) is 19.3 Å². The zero-order chi connectivity index (χ0) is 23.9. The predicted molar refractivity (Wildman–Crippen MR) is 136 cm³/mol. The molecule has 1 aromatic carbocycles. The summed E-state index contributed by atoms with van der Waals surface area (Å²) in [7, 11) is 0. The molecular formula is C28H42O5. The second kappa shape index (κ2) is 15.4. The van der Waals surface area contributed by atoms with Crippen LogP contribution in [0.1, 0.15) is 91.9 Å². The molecule has 0 N–H and O–H groups in total. The second-order valence-electron chi connectivity index (χ2n) is 8.69. The first-order valence-electron chi connectivity index (χ1n) is 12.8. The highest BCUT2D eigenvalue weighted by atomic mass is 16.5. The molecule has 0 aliphatic carbocycles. The van der Waals surface area contributed by atoms with Gasteiger partial charge in [0.25, 0.3) is 0 Å². The molecule has 5 heteroatoms. The summed E-state index contributed by atoms with van der Waals surface area (Å²) in [6.45, 7) is 9.16. The van der Waals surface area contributed by atoms with E-state index in [4.69, 9.17) is 18.6 Å². The number of para-hydroxylation sites is 1. The van der Waals surface area contributed by atoms with Crippen molar-refractivity contribution in [3.8, 4) is 17.2 Å². The van der Waals surface area contributed by atoms with Gasteiger partial charge in [-0.15, -0.1) is 0 Å². The summed E-state index contributed by atoms with van der Waals surface area (Å²) in [6, 6.07) is 5.61. The molecule has 0 aliphatic rings. The van der Waals surface area contributed by atoms with Crippen molar-refractivity contribution >= 4 is 11.0 Å². The molecule has 0 saturated carbocycles. The normalized spacial score (nSPS) is 11.5. The van der Waals surface area contributed by atoms with Crippen molar-refractivity contribution in [1.29, 1.82) is 0 Å². The number of benzene rings is 1. The van der Waals surface area contributed by atoms with E-state index >= 15 is 0 Å². The minimum atomic E-state index is -0.541. The van der Waals surface area contributed by atoms with Gasteiger partial charge < -0.3 is 18.6 Å². The maximum Gasteiger partial charge on any atom is 0.383 e. The zero-order valence-corrected chi connectivity index (χ0v) is 21.0. The molecule has 5 nitrogen and oxygen atoms in total. The van der Waals surface area contributed by atoms with Crippen molar-refractivity contribution in [2.45, 2.75) is 98.0 Å². The first kappa shape index (κ1) is 26.8. The average Bonchev–Trinajstić information content (AvgIpc) is 2.79. The topological polar surface area (TPSA) is 57.9 Å². The fourth-order valence-corrected chi connectivity index (χ4v) is 3.68. The number of hydrogen-bond acceptors (Lipinski definition) is 5. The van der Waals surface area contributed by atoms with Gasteiger partial charge in [-0.05, 0) is 45.2 Å². The maximum absolute atomic E-state index is 12.8. The van der Waals surface area contributed by atoms with Crippen LogP contribution in [0.3, 0.4) is 0 Å². The third-order valence-corrected chi connectivity index (χ3v) is 5.35. The van der Waals surface area contributed by atoms with Crippen LogP contribution in [-0.2, 0) is 0 Å². The molecule has 0 fully saturated rings. The van der Waals surface area contributed by atoms with E-state index in [2.05, 4.69) is 19.9 Å². The molecule has 0 atom stereocenters. The first-order chi connectivity index (χ1) is 16.1. The van der Waals surface area contributed by atoms with Crippen LogP contribution in [0.4, 0.5) is 0 Å². The summed E-state index contributed by atoms with van der Waals surface area (Å²) in [5.74, 6) is 1.12. The first-order valence-corrected chi connectivity index (χ1v) is 12.8. The fraction of sp³-hybridized carbons (Fsp3) is 0.607. The molecule has 2 rings (SSSR count). The summed E-state index contributed by atoms with van der Waals surface area (Å²) >= 11 is 0. The van der Waals surface area contributed by atoms with E-state index in [1.54, 1.807) is 0 Å². The summed E-state index contributed by atoms with van der Waals surface area (Å²) in [5, 5.41) is 0.691. The molecule has 2 aromatic rings. The summed E-state index contributed by atoms with van der Waals surface area (Å²) in [6.07, 6.45) is 15.6. The van der Waals surface area contributed by atoms with Crippen molar-refractivity contribution in [2.24, 2.45) is 0 Å². The van der Waals surface area contributed by atoms with Gasteiger partial charge in [0.2, 0.25) is 5.75 Å². The van der Waals surface area contributed by atoms with Gasteiger partial charge in [-0.25, -0.2) is 4.79 Å². The Hall–Kier alpha value is -2.43. The lowest BCUT2D eigenvalue weighted by Gasteiger charge is -2.17. The molecule has 0 bridgehead atoms. The Morgan fingerprint density at radius 3 is 2.30 bits per heavy atom. The van der Waals surface area contributed by atoms with Crippen LogP contribution >= 0.6 is 0 Å². The molecule has 1 aromatic heterocycles. The summed E-state index contributed by atoms with van der Waals surface area (Å²) < 4.78 is 23.5. The van der Waals surface area contributed by atoms with E-state index in [0.29, 0.717) is 42.1 Å². The average molecular weight is 459 g/mol. The Morgan fingerprint density at radius 2 is 1.61 bits per heavy atom. The number of rotatable bonds is 17. The molecule has 0 saturated heterocycles. The van der Waals surface area contributed by atoms with Gasteiger partial charge in [0.05, 0.1) is 24.7 Å². The summed E-state index contributed by atoms with van der Waals surface area (Å²) in [4.78, 5) is 12.8. The van der Waals surface area contributed by atoms with Crippen LogP contribution in [-0.4, -0.2) is 19.3 Å². The number of ether oxygens (including phenoxy) is 3. The van der Waals surface area contributed by atoms with E-state index in [9.17, 15) is 4.79 Å². The molecule has 0 amide bonds. The van der Waals surface area contributed by atoms with Gasteiger partial charge in [-0.3, -0.25) is 0 Å². The lowest BCUT2D eigenvalue weighted by molar-refractivity contribution is 0.218.